The number of carbonyl (C=O) groups is 1. The normalized spacial score (nSPS) is 17.0. The minimum atomic E-state index is -3.77. The van der Waals surface area contributed by atoms with Crippen molar-refractivity contribution >= 4 is 22.1 Å². The van der Waals surface area contributed by atoms with Crippen LogP contribution in [0, 0.1) is 0 Å². The smallest absolute Gasteiger partial charge is 0.358 e. The fraction of sp³-hybridized carbons (Fsp3) is 0.667. The molecule has 2 heterocycles. The van der Waals surface area contributed by atoms with E-state index in [0.29, 0.717) is 13.1 Å². The molecular formula is C12H21N5O4S. The van der Waals surface area contributed by atoms with E-state index in [4.69, 9.17) is 0 Å². The molecule has 0 unspecified atom stereocenters. The van der Waals surface area contributed by atoms with Crippen molar-refractivity contribution in [3.63, 3.8) is 0 Å². The van der Waals surface area contributed by atoms with Crippen molar-refractivity contribution in [1.82, 2.24) is 18.2 Å². The molecule has 1 fully saturated rings. The lowest BCUT2D eigenvalue weighted by Crippen LogP contribution is -2.46. The average molecular weight is 331 g/mol. The zero-order valence-electron chi connectivity index (χ0n) is 13.2. The van der Waals surface area contributed by atoms with E-state index in [1.165, 1.54) is 27.4 Å². The van der Waals surface area contributed by atoms with Crippen LogP contribution >= 0.6 is 0 Å². The molecule has 0 radical (unpaired) electrons. The van der Waals surface area contributed by atoms with Crippen LogP contribution in [0.2, 0.25) is 0 Å². The van der Waals surface area contributed by atoms with Crippen LogP contribution < -0.4 is 4.90 Å². The number of ether oxygens (including phenoxy) is 1. The molecule has 1 saturated heterocycles. The molecule has 0 N–H and O–H groups in total. The minimum Gasteiger partial charge on any atom is -0.464 e. The molecule has 22 heavy (non-hydrogen) atoms. The summed E-state index contributed by atoms with van der Waals surface area (Å²) in [5, 5.41) is 0. The van der Waals surface area contributed by atoms with E-state index in [1.807, 2.05) is 11.9 Å². The number of methoxy groups -OCH3 is 1. The van der Waals surface area contributed by atoms with Crippen LogP contribution in [0.5, 0.6) is 0 Å². The zero-order chi connectivity index (χ0) is 16.5. The molecule has 0 saturated carbocycles. The largest absolute Gasteiger partial charge is 0.464 e. The van der Waals surface area contributed by atoms with E-state index in [0.717, 1.165) is 21.4 Å². The standard InChI is InChI=1S/C12H21N5O4S/c1-14(2)22(19,20)17-9-10(11(18)21-4)13-12(17)16-7-5-15(3)6-8-16/h9H,5-8H2,1-4H3. The highest BCUT2D eigenvalue weighted by atomic mass is 32.2. The second-order valence-corrected chi connectivity index (χ2v) is 7.31. The number of nitrogens with zero attached hydrogens (tertiary/aromatic N) is 5. The maximum absolute atomic E-state index is 12.4. The highest BCUT2D eigenvalue weighted by Gasteiger charge is 2.28. The molecule has 0 aromatic carbocycles. The van der Waals surface area contributed by atoms with Gasteiger partial charge in [0.2, 0.25) is 5.95 Å². The Morgan fingerprint density at radius 1 is 1.27 bits per heavy atom. The maximum atomic E-state index is 12.4. The summed E-state index contributed by atoms with van der Waals surface area (Å²) < 4.78 is 31.6. The lowest BCUT2D eigenvalue weighted by molar-refractivity contribution is 0.0594. The van der Waals surface area contributed by atoms with Gasteiger partial charge in [0.1, 0.15) is 0 Å². The molecule has 2 rings (SSSR count). The first-order valence-electron chi connectivity index (χ1n) is 6.81. The van der Waals surface area contributed by atoms with Gasteiger partial charge in [-0.25, -0.2) is 9.78 Å². The highest BCUT2D eigenvalue weighted by molar-refractivity contribution is 7.87. The monoisotopic (exact) mass is 331 g/mol. The van der Waals surface area contributed by atoms with Gasteiger partial charge in [-0.3, -0.25) is 0 Å². The third kappa shape index (κ3) is 3.08. The number of esters is 1. The van der Waals surface area contributed by atoms with Gasteiger partial charge in [0.05, 0.1) is 13.3 Å². The Hall–Kier alpha value is -1.65. The van der Waals surface area contributed by atoms with Gasteiger partial charge in [0, 0.05) is 40.3 Å². The van der Waals surface area contributed by atoms with Crippen LogP contribution in [0.4, 0.5) is 5.95 Å². The topological polar surface area (TPSA) is 88.0 Å². The summed E-state index contributed by atoms with van der Waals surface area (Å²) in [5.41, 5.74) is -0.0261. The lowest BCUT2D eigenvalue weighted by Gasteiger charge is -2.33. The summed E-state index contributed by atoms with van der Waals surface area (Å²) in [5.74, 6) is -0.426. The molecular weight excluding hydrogens is 310 g/mol. The fourth-order valence-corrected chi connectivity index (χ4v) is 3.07. The first-order valence-corrected chi connectivity index (χ1v) is 8.21. The number of likely N-dealkylation sites (N-methyl/N-ethyl adjacent to an activating group) is 1. The number of hydrogen-bond acceptors (Lipinski definition) is 7. The number of piperazine rings is 1. The lowest BCUT2D eigenvalue weighted by atomic mass is 10.3. The van der Waals surface area contributed by atoms with E-state index >= 15 is 0 Å². The number of carbonyl (C=O) groups excluding carboxylic acids is 1. The Morgan fingerprint density at radius 2 is 1.86 bits per heavy atom. The first-order chi connectivity index (χ1) is 10.3. The molecule has 0 bridgehead atoms. The second kappa shape index (κ2) is 6.23. The number of anilines is 1. The molecule has 124 valence electrons. The third-order valence-electron chi connectivity index (χ3n) is 3.55. The molecule has 0 spiro atoms. The Labute approximate surface area is 130 Å². The van der Waals surface area contributed by atoms with Crippen LogP contribution in [0.15, 0.2) is 6.20 Å². The highest BCUT2D eigenvalue weighted by Crippen LogP contribution is 2.20. The van der Waals surface area contributed by atoms with Gasteiger partial charge in [0.15, 0.2) is 5.69 Å². The van der Waals surface area contributed by atoms with Crippen molar-refractivity contribution in [2.45, 2.75) is 0 Å². The molecule has 1 aliphatic heterocycles. The van der Waals surface area contributed by atoms with E-state index in [9.17, 15) is 13.2 Å². The van der Waals surface area contributed by atoms with Crippen LogP contribution in [0.25, 0.3) is 0 Å². The van der Waals surface area contributed by atoms with Gasteiger partial charge in [0.25, 0.3) is 0 Å². The summed E-state index contributed by atoms with van der Waals surface area (Å²) in [4.78, 5) is 19.8. The zero-order valence-corrected chi connectivity index (χ0v) is 14.0. The Kier molecular flexibility index (Phi) is 4.73. The van der Waals surface area contributed by atoms with Crippen molar-refractivity contribution < 1.29 is 17.9 Å². The first kappa shape index (κ1) is 16.7. The molecule has 0 aliphatic carbocycles. The van der Waals surface area contributed by atoms with Crippen molar-refractivity contribution in [3.05, 3.63) is 11.9 Å². The average Bonchev–Trinajstić information content (AvgIpc) is 2.93. The predicted molar refractivity (Wildman–Crippen MR) is 81.3 cm³/mol. The van der Waals surface area contributed by atoms with Gasteiger partial charge < -0.3 is 14.5 Å². The fourth-order valence-electron chi connectivity index (χ4n) is 2.12. The number of aromatic nitrogens is 2. The van der Waals surface area contributed by atoms with E-state index in [-0.39, 0.29) is 11.6 Å². The third-order valence-corrected chi connectivity index (χ3v) is 5.24. The quantitative estimate of drug-likeness (QED) is 0.659. The second-order valence-electron chi connectivity index (χ2n) is 5.29. The summed E-state index contributed by atoms with van der Waals surface area (Å²) in [7, 11) is 2.33. The van der Waals surface area contributed by atoms with Crippen molar-refractivity contribution in [3.8, 4) is 0 Å². The molecule has 0 atom stereocenters. The molecule has 9 nitrogen and oxygen atoms in total. The predicted octanol–water partition coefficient (Wildman–Crippen LogP) is -0.924. The van der Waals surface area contributed by atoms with Gasteiger partial charge in [-0.05, 0) is 7.05 Å². The van der Waals surface area contributed by atoms with Crippen LogP contribution in [-0.4, -0.2) is 87.0 Å². The van der Waals surface area contributed by atoms with Gasteiger partial charge in [-0.2, -0.15) is 16.7 Å². The SMILES string of the molecule is COC(=O)c1cn(S(=O)(=O)N(C)C)c(N2CCN(C)CC2)n1. The van der Waals surface area contributed by atoms with Crippen molar-refractivity contribution in [2.24, 2.45) is 0 Å². The Morgan fingerprint density at radius 3 is 2.36 bits per heavy atom. The molecule has 1 aromatic rings. The van der Waals surface area contributed by atoms with Crippen LogP contribution in [0.1, 0.15) is 10.5 Å². The number of hydrogen-bond donors (Lipinski definition) is 0. The van der Waals surface area contributed by atoms with E-state index in [1.54, 1.807) is 0 Å². The van der Waals surface area contributed by atoms with Crippen molar-refractivity contribution in [2.75, 3.05) is 59.3 Å². The summed E-state index contributed by atoms with van der Waals surface area (Å²) in [6, 6.07) is 0. The summed E-state index contributed by atoms with van der Waals surface area (Å²) >= 11 is 0. The van der Waals surface area contributed by atoms with E-state index in [2.05, 4.69) is 14.6 Å². The van der Waals surface area contributed by atoms with Crippen LogP contribution in [0.3, 0.4) is 0 Å². The van der Waals surface area contributed by atoms with Gasteiger partial charge in [-0.15, -0.1) is 0 Å². The molecule has 1 aliphatic rings. The van der Waals surface area contributed by atoms with E-state index < -0.39 is 16.2 Å². The number of rotatable bonds is 4. The maximum Gasteiger partial charge on any atom is 0.358 e. The van der Waals surface area contributed by atoms with Gasteiger partial charge in [-0.1, -0.05) is 0 Å². The molecule has 0 amide bonds. The molecule has 10 heteroatoms. The summed E-state index contributed by atoms with van der Waals surface area (Å²) in [6.07, 6.45) is 1.20. The Balaban J connectivity index is 2.47. The van der Waals surface area contributed by atoms with Gasteiger partial charge >= 0.3 is 16.2 Å². The Bertz CT molecular complexity index is 646. The number of imidazole rings is 1. The van der Waals surface area contributed by atoms with Crippen molar-refractivity contribution in [1.29, 1.82) is 0 Å². The van der Waals surface area contributed by atoms with Crippen LogP contribution in [-0.2, 0) is 14.9 Å². The summed E-state index contributed by atoms with van der Waals surface area (Å²) in [6.45, 7) is 2.86. The minimum absolute atomic E-state index is 0.0261. The molecule has 1 aromatic heterocycles.